The van der Waals surface area contributed by atoms with Gasteiger partial charge in [0.15, 0.2) is 0 Å². The highest BCUT2D eigenvalue weighted by Gasteiger charge is 2.47. The molecule has 1 aromatic carbocycles. The number of rotatable bonds is 16. The van der Waals surface area contributed by atoms with Crippen LogP contribution in [-0.2, 0) is 20.4 Å². The fourth-order valence-corrected chi connectivity index (χ4v) is 4.97. The average Bonchev–Trinajstić information content (AvgIpc) is 2.72. The maximum Gasteiger partial charge on any atom is 0.314 e. The van der Waals surface area contributed by atoms with E-state index in [0.29, 0.717) is 25.7 Å². The molecule has 4 heteroatoms. The molecule has 0 saturated carbocycles. The molecular weight excluding hydrogens is 376 g/mol. The van der Waals surface area contributed by atoms with Crippen molar-refractivity contribution in [1.82, 2.24) is 0 Å². The van der Waals surface area contributed by atoms with Crippen LogP contribution in [0.3, 0.4) is 0 Å². The minimum Gasteiger partial charge on any atom is -0.481 e. The molecule has 0 radical (unpaired) electrons. The minimum absolute atomic E-state index is 0.528. The van der Waals surface area contributed by atoms with Crippen LogP contribution in [0.2, 0.25) is 0 Å². The third-order valence-corrected chi connectivity index (χ3v) is 6.54. The van der Waals surface area contributed by atoms with Gasteiger partial charge in [-0.05, 0) is 36.8 Å². The SMILES string of the molecule is CCCCCC(CCC)(C(=O)O)c1ccccc1C(CCC)(CCCCC)C(=O)O. The zero-order valence-electron chi connectivity index (χ0n) is 19.5. The van der Waals surface area contributed by atoms with E-state index in [2.05, 4.69) is 13.8 Å². The highest BCUT2D eigenvalue weighted by atomic mass is 16.4. The smallest absolute Gasteiger partial charge is 0.314 e. The first kappa shape index (κ1) is 26.2. The molecule has 2 N–H and O–H groups in total. The van der Waals surface area contributed by atoms with Crippen molar-refractivity contribution in [3.05, 3.63) is 35.4 Å². The van der Waals surface area contributed by atoms with Crippen LogP contribution in [0.5, 0.6) is 0 Å². The van der Waals surface area contributed by atoms with E-state index in [1.807, 2.05) is 38.1 Å². The van der Waals surface area contributed by atoms with Crippen molar-refractivity contribution >= 4 is 11.9 Å². The Bertz CT molecular complexity index is 612. The number of hydrogen-bond acceptors (Lipinski definition) is 2. The second-order valence-corrected chi connectivity index (χ2v) is 8.73. The molecule has 2 atom stereocenters. The van der Waals surface area contributed by atoms with Crippen molar-refractivity contribution in [3.8, 4) is 0 Å². The van der Waals surface area contributed by atoms with Crippen molar-refractivity contribution in [2.75, 3.05) is 0 Å². The quantitative estimate of drug-likeness (QED) is 0.281. The van der Waals surface area contributed by atoms with Crippen molar-refractivity contribution < 1.29 is 19.8 Å². The molecule has 0 spiro atoms. The van der Waals surface area contributed by atoms with Crippen LogP contribution in [0.4, 0.5) is 0 Å². The number of carboxylic acids is 2. The lowest BCUT2D eigenvalue weighted by Crippen LogP contribution is -2.42. The van der Waals surface area contributed by atoms with Gasteiger partial charge in [-0.2, -0.15) is 0 Å². The molecule has 0 aromatic heterocycles. The summed E-state index contributed by atoms with van der Waals surface area (Å²) in [5, 5.41) is 20.9. The first-order valence-electron chi connectivity index (χ1n) is 11.9. The van der Waals surface area contributed by atoms with E-state index in [1.165, 1.54) is 0 Å². The summed E-state index contributed by atoms with van der Waals surface area (Å²) in [6.45, 7) is 8.25. The summed E-state index contributed by atoms with van der Waals surface area (Å²) >= 11 is 0. The largest absolute Gasteiger partial charge is 0.481 e. The lowest BCUT2D eigenvalue weighted by atomic mass is 9.64. The van der Waals surface area contributed by atoms with Crippen LogP contribution in [-0.4, -0.2) is 22.2 Å². The van der Waals surface area contributed by atoms with Crippen LogP contribution in [0.15, 0.2) is 24.3 Å². The molecule has 0 amide bonds. The first-order chi connectivity index (χ1) is 14.4. The Labute approximate surface area is 183 Å². The Morgan fingerprint density at radius 2 is 1.00 bits per heavy atom. The van der Waals surface area contributed by atoms with Gasteiger partial charge in [-0.25, -0.2) is 0 Å². The first-order valence-corrected chi connectivity index (χ1v) is 11.9. The van der Waals surface area contributed by atoms with E-state index in [9.17, 15) is 19.8 Å². The molecule has 30 heavy (non-hydrogen) atoms. The number of carbonyl (C=O) groups is 2. The predicted molar refractivity (Wildman–Crippen MR) is 123 cm³/mol. The van der Waals surface area contributed by atoms with Crippen molar-refractivity contribution in [1.29, 1.82) is 0 Å². The van der Waals surface area contributed by atoms with Crippen LogP contribution < -0.4 is 0 Å². The molecule has 0 heterocycles. The molecule has 2 unspecified atom stereocenters. The molecule has 0 bridgehead atoms. The summed E-state index contributed by atoms with van der Waals surface area (Å²) < 4.78 is 0. The van der Waals surface area contributed by atoms with Crippen molar-refractivity contribution in [2.24, 2.45) is 0 Å². The Balaban J connectivity index is 3.69. The topological polar surface area (TPSA) is 74.6 Å². The molecule has 170 valence electrons. The number of carboxylic acid groups (broad SMARTS) is 2. The Hall–Kier alpha value is -1.84. The third kappa shape index (κ3) is 5.86. The Kier molecular flexibility index (Phi) is 11.1. The van der Waals surface area contributed by atoms with Crippen molar-refractivity contribution in [2.45, 2.75) is 116 Å². The molecule has 0 fully saturated rings. The highest BCUT2D eigenvalue weighted by Crippen LogP contribution is 2.45. The summed E-state index contributed by atoms with van der Waals surface area (Å²) in [5.74, 6) is -1.64. The Morgan fingerprint density at radius 1 is 0.633 bits per heavy atom. The Morgan fingerprint density at radius 3 is 1.27 bits per heavy atom. The van der Waals surface area contributed by atoms with Gasteiger partial charge in [0.2, 0.25) is 0 Å². The van der Waals surface area contributed by atoms with Gasteiger partial charge in [0.25, 0.3) is 0 Å². The minimum atomic E-state index is -1.03. The summed E-state index contributed by atoms with van der Waals surface area (Å²) in [6.07, 6.45) is 9.33. The molecule has 1 rings (SSSR count). The van der Waals surface area contributed by atoms with Gasteiger partial charge < -0.3 is 10.2 Å². The predicted octanol–water partition coefficient (Wildman–Crippen LogP) is 7.09. The van der Waals surface area contributed by atoms with Gasteiger partial charge in [0.05, 0.1) is 10.8 Å². The number of benzene rings is 1. The molecule has 0 aliphatic carbocycles. The van der Waals surface area contributed by atoms with Gasteiger partial charge in [-0.1, -0.05) is 103 Å². The monoisotopic (exact) mass is 418 g/mol. The van der Waals surface area contributed by atoms with Gasteiger partial charge in [-0.15, -0.1) is 0 Å². The molecular formula is C26H42O4. The zero-order chi connectivity index (χ0) is 22.6. The average molecular weight is 419 g/mol. The van der Waals surface area contributed by atoms with Crippen molar-refractivity contribution in [3.63, 3.8) is 0 Å². The third-order valence-electron chi connectivity index (χ3n) is 6.54. The molecule has 0 aliphatic rings. The number of unbranched alkanes of at least 4 members (excludes halogenated alkanes) is 4. The lowest BCUT2D eigenvalue weighted by Gasteiger charge is -2.38. The molecule has 0 saturated heterocycles. The van der Waals surface area contributed by atoms with E-state index in [1.54, 1.807) is 0 Å². The normalized spacial score (nSPS) is 15.3. The second-order valence-electron chi connectivity index (χ2n) is 8.73. The summed E-state index contributed by atoms with van der Waals surface area (Å²) in [4.78, 5) is 25.5. The van der Waals surface area contributed by atoms with Crippen LogP contribution in [0.25, 0.3) is 0 Å². The maximum absolute atomic E-state index is 12.7. The van der Waals surface area contributed by atoms with E-state index >= 15 is 0 Å². The zero-order valence-corrected chi connectivity index (χ0v) is 19.5. The van der Waals surface area contributed by atoms with Crippen LogP contribution >= 0.6 is 0 Å². The van der Waals surface area contributed by atoms with Gasteiger partial charge in [0.1, 0.15) is 0 Å². The van der Waals surface area contributed by atoms with Crippen LogP contribution in [0, 0.1) is 0 Å². The molecule has 4 nitrogen and oxygen atoms in total. The fraction of sp³-hybridized carbons (Fsp3) is 0.692. The van der Waals surface area contributed by atoms with Gasteiger partial charge in [0, 0.05) is 0 Å². The maximum atomic E-state index is 12.7. The highest BCUT2D eigenvalue weighted by molar-refractivity contribution is 5.86. The summed E-state index contributed by atoms with van der Waals surface area (Å²) in [6, 6.07) is 7.52. The summed E-state index contributed by atoms with van der Waals surface area (Å²) in [7, 11) is 0. The molecule has 0 aliphatic heterocycles. The summed E-state index contributed by atoms with van der Waals surface area (Å²) in [5.41, 5.74) is -0.606. The van der Waals surface area contributed by atoms with E-state index in [-0.39, 0.29) is 0 Å². The van der Waals surface area contributed by atoms with Gasteiger partial charge in [-0.3, -0.25) is 9.59 Å². The van der Waals surface area contributed by atoms with Crippen LogP contribution in [0.1, 0.15) is 116 Å². The second kappa shape index (κ2) is 12.8. The standard InChI is InChI=1S/C26H42O4/c1-5-9-13-19-25(17-7-3,23(27)28)21-15-11-12-16-22(21)26(18-8-4,24(29)30)20-14-10-6-2/h11-12,15-16H,5-10,13-14,17-20H2,1-4H3,(H,27,28)(H,29,30). The fourth-order valence-electron chi connectivity index (χ4n) is 4.97. The number of hydrogen-bond donors (Lipinski definition) is 2. The molecule has 1 aromatic rings. The van der Waals surface area contributed by atoms with Gasteiger partial charge >= 0.3 is 11.9 Å². The lowest BCUT2D eigenvalue weighted by molar-refractivity contribution is -0.146. The van der Waals surface area contributed by atoms with E-state index < -0.39 is 22.8 Å². The van der Waals surface area contributed by atoms with E-state index in [4.69, 9.17) is 0 Å². The number of aliphatic carboxylic acids is 2. The van der Waals surface area contributed by atoms with E-state index in [0.717, 1.165) is 62.5 Å².